The highest BCUT2D eigenvalue weighted by molar-refractivity contribution is 6.33. The first-order valence-corrected chi connectivity index (χ1v) is 20.1. The summed E-state index contributed by atoms with van der Waals surface area (Å²) in [7, 11) is 0. The molecule has 0 atom stereocenters. The molecule has 0 saturated heterocycles. The van der Waals surface area contributed by atoms with Gasteiger partial charge in [-0.3, -0.25) is 0 Å². The molecule has 11 aromatic rings. The second-order valence-corrected chi connectivity index (χ2v) is 16.4. The van der Waals surface area contributed by atoms with Crippen LogP contribution < -0.4 is 0 Å². The van der Waals surface area contributed by atoms with Crippen LogP contribution in [0.25, 0.3) is 109 Å². The summed E-state index contributed by atoms with van der Waals surface area (Å²) in [5.41, 5.74) is 12.9. The van der Waals surface area contributed by atoms with Crippen molar-refractivity contribution in [2.45, 2.75) is 19.3 Å². The molecule has 12 rings (SSSR count). The molecule has 0 heteroatoms. The molecule has 1 aliphatic rings. The van der Waals surface area contributed by atoms with Crippen LogP contribution in [0.1, 0.15) is 25.0 Å². The van der Waals surface area contributed by atoms with Crippen LogP contribution in [0.15, 0.2) is 194 Å². The molecule has 0 bridgehead atoms. The monoisotopic (exact) mass is 722 g/mol. The van der Waals surface area contributed by atoms with Crippen LogP contribution >= 0.6 is 0 Å². The number of rotatable bonds is 3. The normalized spacial score (nSPS) is 13.2. The summed E-state index contributed by atoms with van der Waals surface area (Å²) in [5.74, 6) is 0. The summed E-state index contributed by atoms with van der Waals surface area (Å²) >= 11 is 0. The maximum absolute atomic E-state index is 2.47. The Kier molecular flexibility index (Phi) is 6.78. The average molecular weight is 723 g/mol. The fraction of sp³-hybridized carbons (Fsp3) is 0.0526. The summed E-state index contributed by atoms with van der Waals surface area (Å²) < 4.78 is 0. The Bertz CT molecular complexity index is 3490. The molecule has 0 saturated carbocycles. The molecule has 57 heavy (non-hydrogen) atoms. The van der Waals surface area contributed by atoms with E-state index in [9.17, 15) is 0 Å². The Morgan fingerprint density at radius 3 is 1.44 bits per heavy atom. The summed E-state index contributed by atoms with van der Waals surface area (Å²) in [4.78, 5) is 0. The van der Waals surface area contributed by atoms with Crippen LogP contribution in [-0.4, -0.2) is 0 Å². The summed E-state index contributed by atoms with van der Waals surface area (Å²) in [6.45, 7) is 4.79. The third-order valence-electron chi connectivity index (χ3n) is 13.0. The van der Waals surface area contributed by atoms with Gasteiger partial charge in [0, 0.05) is 5.41 Å². The smallest absolute Gasteiger partial charge is 0.0159 e. The Labute approximate surface area is 332 Å². The number of hydrogen-bond donors (Lipinski definition) is 0. The van der Waals surface area contributed by atoms with Crippen LogP contribution in [0.3, 0.4) is 0 Å². The summed E-state index contributed by atoms with van der Waals surface area (Å²) in [5, 5.41) is 15.5. The predicted octanol–water partition coefficient (Wildman–Crippen LogP) is 15.9. The van der Waals surface area contributed by atoms with E-state index in [4.69, 9.17) is 0 Å². The van der Waals surface area contributed by atoms with Gasteiger partial charge in [-0.1, -0.05) is 184 Å². The highest BCUT2D eigenvalue weighted by Crippen LogP contribution is 2.51. The zero-order valence-corrected chi connectivity index (χ0v) is 32.0. The molecule has 1 aliphatic carbocycles. The summed E-state index contributed by atoms with van der Waals surface area (Å²) in [6.07, 6.45) is 0. The molecule has 0 spiro atoms. The highest BCUT2D eigenvalue weighted by Gasteiger charge is 2.36. The zero-order chi connectivity index (χ0) is 37.8. The Hall–Kier alpha value is -7.02. The summed E-state index contributed by atoms with van der Waals surface area (Å²) in [6, 6.07) is 72.7. The Morgan fingerprint density at radius 2 is 0.719 bits per heavy atom. The lowest BCUT2D eigenvalue weighted by Crippen LogP contribution is -2.15. The van der Waals surface area contributed by atoms with Crippen LogP contribution in [0.5, 0.6) is 0 Å². The van der Waals surface area contributed by atoms with E-state index in [-0.39, 0.29) is 5.41 Å². The highest BCUT2D eigenvalue weighted by atomic mass is 14.4. The van der Waals surface area contributed by atoms with Crippen LogP contribution in [0.4, 0.5) is 0 Å². The predicted molar refractivity (Wildman–Crippen MR) is 245 cm³/mol. The maximum Gasteiger partial charge on any atom is 0.0159 e. The number of fused-ring (bicyclic) bond motifs is 13. The van der Waals surface area contributed by atoms with Crippen molar-refractivity contribution < 1.29 is 0 Å². The first-order chi connectivity index (χ1) is 28.0. The number of benzene rings is 11. The topological polar surface area (TPSA) is 0 Å². The van der Waals surface area contributed by atoms with E-state index < -0.39 is 0 Å². The van der Waals surface area contributed by atoms with E-state index in [1.165, 1.54) is 120 Å². The first-order valence-electron chi connectivity index (χ1n) is 20.1. The minimum Gasteiger partial charge on any atom is -0.0616 e. The second kappa shape index (κ2) is 12.0. The van der Waals surface area contributed by atoms with Gasteiger partial charge in [0.15, 0.2) is 0 Å². The van der Waals surface area contributed by atoms with Crippen molar-refractivity contribution in [3.05, 3.63) is 205 Å². The lowest BCUT2D eigenvalue weighted by atomic mass is 9.80. The molecule has 266 valence electrons. The van der Waals surface area contributed by atoms with Gasteiger partial charge >= 0.3 is 0 Å². The molecule has 0 unspecified atom stereocenters. The minimum atomic E-state index is -0.139. The average Bonchev–Trinajstić information content (AvgIpc) is 3.50. The lowest BCUT2D eigenvalue weighted by Gasteiger charge is -2.23. The van der Waals surface area contributed by atoms with Gasteiger partial charge in [0.25, 0.3) is 0 Å². The van der Waals surface area contributed by atoms with Crippen molar-refractivity contribution in [3.63, 3.8) is 0 Å². The van der Waals surface area contributed by atoms with E-state index in [0.717, 1.165) is 0 Å². The van der Waals surface area contributed by atoms with Gasteiger partial charge in [0.05, 0.1) is 0 Å². The fourth-order valence-corrected chi connectivity index (χ4v) is 10.2. The molecular weight excluding hydrogens is 685 g/mol. The van der Waals surface area contributed by atoms with Crippen LogP contribution in [0, 0.1) is 0 Å². The van der Waals surface area contributed by atoms with Gasteiger partial charge in [-0.15, -0.1) is 0 Å². The Balaban J connectivity index is 1.01. The molecular formula is C57H38. The quantitative estimate of drug-likeness (QED) is 0.159. The van der Waals surface area contributed by atoms with Gasteiger partial charge in [0.2, 0.25) is 0 Å². The van der Waals surface area contributed by atoms with Gasteiger partial charge < -0.3 is 0 Å². The SMILES string of the molecule is CC1(C)c2cc(-c3ccc4ccccc4c3)ccc2-c2ccc(-c3cccc4c(-c5cc6c7ccccc7c7ccccc7c6c6ccccc56)cccc34)cc21. The molecule has 0 amide bonds. The van der Waals surface area contributed by atoms with Gasteiger partial charge in [-0.05, 0) is 145 Å². The first kappa shape index (κ1) is 32.2. The van der Waals surface area contributed by atoms with Crippen molar-refractivity contribution in [2.24, 2.45) is 0 Å². The van der Waals surface area contributed by atoms with E-state index in [2.05, 4.69) is 208 Å². The van der Waals surface area contributed by atoms with Crippen molar-refractivity contribution >= 4 is 64.6 Å². The maximum atomic E-state index is 2.47. The largest absolute Gasteiger partial charge is 0.0616 e. The lowest BCUT2D eigenvalue weighted by molar-refractivity contribution is 0.661. The molecule has 0 aliphatic heterocycles. The van der Waals surface area contributed by atoms with Gasteiger partial charge in [-0.25, -0.2) is 0 Å². The molecule has 0 nitrogen and oxygen atoms in total. The van der Waals surface area contributed by atoms with Gasteiger partial charge in [-0.2, -0.15) is 0 Å². The second-order valence-electron chi connectivity index (χ2n) is 16.4. The molecule has 11 aromatic carbocycles. The molecule has 0 aromatic heterocycles. The molecule has 0 fully saturated rings. The van der Waals surface area contributed by atoms with Crippen LogP contribution in [0.2, 0.25) is 0 Å². The Morgan fingerprint density at radius 1 is 0.263 bits per heavy atom. The number of hydrogen-bond acceptors (Lipinski definition) is 0. The third kappa shape index (κ3) is 4.68. The van der Waals surface area contributed by atoms with E-state index in [1.807, 2.05) is 0 Å². The molecule has 0 heterocycles. The van der Waals surface area contributed by atoms with Crippen molar-refractivity contribution in [2.75, 3.05) is 0 Å². The zero-order valence-electron chi connectivity index (χ0n) is 32.0. The van der Waals surface area contributed by atoms with Crippen molar-refractivity contribution in [1.82, 2.24) is 0 Å². The van der Waals surface area contributed by atoms with E-state index >= 15 is 0 Å². The van der Waals surface area contributed by atoms with Gasteiger partial charge in [0.1, 0.15) is 0 Å². The van der Waals surface area contributed by atoms with Crippen molar-refractivity contribution in [1.29, 1.82) is 0 Å². The molecule has 0 radical (unpaired) electrons. The fourth-order valence-electron chi connectivity index (χ4n) is 10.2. The molecule has 0 N–H and O–H groups in total. The van der Waals surface area contributed by atoms with E-state index in [0.29, 0.717) is 0 Å². The minimum absolute atomic E-state index is 0.139. The standard InChI is InChI=1S/C57H38/c1-57(2)54-32-38(37-26-25-35-13-3-4-14-36(35)31-37)27-29-48(54)49-30-28-39(33-55(49)57)40-21-11-23-43-41(40)22-12-24-45(43)52-34-53-46-17-6-5-15-42(46)44-16-7-9-19-50(44)56(53)51-20-10-8-18-47(51)52/h3-34H,1-2H3. The van der Waals surface area contributed by atoms with Crippen LogP contribution in [-0.2, 0) is 5.41 Å². The van der Waals surface area contributed by atoms with E-state index in [1.54, 1.807) is 0 Å². The van der Waals surface area contributed by atoms with Crippen molar-refractivity contribution in [3.8, 4) is 44.5 Å². The third-order valence-corrected chi connectivity index (χ3v) is 13.0.